The van der Waals surface area contributed by atoms with Gasteiger partial charge in [0, 0.05) is 17.5 Å². The molecular weight excluding hydrogens is 477 g/mol. The number of halogens is 2. The first kappa shape index (κ1) is 22.3. The predicted octanol–water partition coefficient (Wildman–Crippen LogP) is 5.49. The van der Waals surface area contributed by atoms with Crippen LogP contribution in [-0.2, 0) is 10.0 Å². The molecule has 0 unspecified atom stereocenters. The number of nitrogens with one attached hydrogen (secondary N) is 1. The molecule has 0 radical (unpaired) electrons. The van der Waals surface area contributed by atoms with E-state index in [0.29, 0.717) is 52.1 Å². The highest BCUT2D eigenvalue weighted by atomic mass is 35.5. The number of rotatable bonds is 4. The molecule has 4 aromatic rings. The Kier molecular flexibility index (Phi) is 5.71. The van der Waals surface area contributed by atoms with Crippen molar-refractivity contribution in [3.63, 3.8) is 0 Å². The van der Waals surface area contributed by atoms with Crippen LogP contribution in [0.25, 0.3) is 22.2 Å². The first-order valence-electron chi connectivity index (χ1n) is 10.6. The molecule has 0 atom stereocenters. The van der Waals surface area contributed by atoms with Crippen LogP contribution in [0, 0.1) is 5.82 Å². The second-order valence-corrected chi connectivity index (χ2v) is 10.4. The average molecular weight is 496 g/mol. The Bertz CT molecular complexity index is 1520. The second kappa shape index (κ2) is 8.70. The van der Waals surface area contributed by atoms with Crippen molar-refractivity contribution in [1.29, 1.82) is 0 Å². The molecule has 1 saturated heterocycles. The minimum Gasteiger partial charge on any atom is -0.321 e. The van der Waals surface area contributed by atoms with Crippen molar-refractivity contribution in [2.45, 2.75) is 6.42 Å². The van der Waals surface area contributed by atoms with Crippen LogP contribution in [0.4, 0.5) is 15.8 Å². The van der Waals surface area contributed by atoms with Crippen molar-refractivity contribution >= 4 is 49.8 Å². The molecule has 9 heteroatoms. The fourth-order valence-electron chi connectivity index (χ4n) is 4.02. The van der Waals surface area contributed by atoms with Gasteiger partial charge in [0.2, 0.25) is 10.0 Å². The molecule has 0 bridgehead atoms. The van der Waals surface area contributed by atoms with Gasteiger partial charge in [-0.15, -0.1) is 0 Å². The molecule has 0 saturated carbocycles. The van der Waals surface area contributed by atoms with E-state index in [1.807, 2.05) is 12.1 Å². The van der Waals surface area contributed by atoms with E-state index in [0.717, 1.165) is 0 Å². The number of hydrogen-bond acceptors (Lipinski definition) is 4. The number of pyridine rings is 1. The number of sulfonamides is 1. The zero-order chi connectivity index (χ0) is 23.9. The Morgan fingerprint density at radius 2 is 1.79 bits per heavy atom. The summed E-state index contributed by atoms with van der Waals surface area (Å²) in [6.07, 6.45) is 0.543. The molecule has 1 aliphatic rings. The Morgan fingerprint density at radius 3 is 2.53 bits per heavy atom. The zero-order valence-electron chi connectivity index (χ0n) is 17.8. The van der Waals surface area contributed by atoms with Crippen LogP contribution in [0.1, 0.15) is 16.8 Å². The number of fused-ring (bicyclic) bond motifs is 1. The van der Waals surface area contributed by atoms with Gasteiger partial charge in [-0.05, 0) is 61.0 Å². The van der Waals surface area contributed by atoms with Gasteiger partial charge in [-0.25, -0.2) is 17.8 Å². The standard InChI is InChI=1S/C25H19ClFN3O3S/c26-21-11-10-18(30-12-3-13-34(30,32)33)14-24(21)29-25(31)20-15-23(16-6-8-17(27)9-7-16)28-22-5-2-1-4-19(20)22/h1-2,4-11,14-15H,3,12-13H2,(H,29,31). The lowest BCUT2D eigenvalue weighted by Gasteiger charge is -2.19. The number of aromatic nitrogens is 1. The molecule has 34 heavy (non-hydrogen) atoms. The van der Waals surface area contributed by atoms with Gasteiger partial charge in [-0.1, -0.05) is 29.8 Å². The number of amides is 1. The molecule has 2 heterocycles. The van der Waals surface area contributed by atoms with Crippen LogP contribution in [0.15, 0.2) is 72.8 Å². The van der Waals surface area contributed by atoms with Crippen LogP contribution < -0.4 is 9.62 Å². The Morgan fingerprint density at radius 1 is 1.03 bits per heavy atom. The lowest BCUT2D eigenvalue weighted by molar-refractivity contribution is 0.102. The van der Waals surface area contributed by atoms with Crippen LogP contribution in [0.2, 0.25) is 5.02 Å². The maximum atomic E-state index is 13.4. The fourth-order valence-corrected chi connectivity index (χ4v) is 5.74. The molecule has 6 nitrogen and oxygen atoms in total. The molecule has 1 amide bonds. The summed E-state index contributed by atoms with van der Waals surface area (Å²) in [7, 11) is -3.38. The molecule has 1 aliphatic heterocycles. The van der Waals surface area contributed by atoms with Crippen molar-refractivity contribution in [3.05, 3.63) is 89.2 Å². The highest BCUT2D eigenvalue weighted by Gasteiger charge is 2.29. The largest absolute Gasteiger partial charge is 0.321 e. The summed E-state index contributed by atoms with van der Waals surface area (Å²) in [5.41, 5.74) is 2.91. The molecule has 0 aliphatic carbocycles. The van der Waals surface area contributed by atoms with E-state index in [4.69, 9.17) is 11.6 Å². The van der Waals surface area contributed by atoms with Gasteiger partial charge < -0.3 is 5.32 Å². The van der Waals surface area contributed by atoms with Gasteiger partial charge in [0.1, 0.15) is 5.82 Å². The molecule has 1 aromatic heterocycles. The number of carbonyl (C=O) groups is 1. The highest BCUT2D eigenvalue weighted by molar-refractivity contribution is 7.93. The lowest BCUT2D eigenvalue weighted by atomic mass is 10.0. The third-order valence-electron chi connectivity index (χ3n) is 5.69. The van der Waals surface area contributed by atoms with Crippen LogP contribution in [-0.4, -0.2) is 31.6 Å². The molecular formula is C25H19ClFN3O3S. The summed E-state index contributed by atoms with van der Waals surface area (Å²) in [6.45, 7) is 0.382. The molecule has 5 rings (SSSR count). The predicted molar refractivity (Wildman–Crippen MR) is 132 cm³/mol. The van der Waals surface area contributed by atoms with E-state index in [1.165, 1.54) is 16.4 Å². The van der Waals surface area contributed by atoms with Crippen molar-refractivity contribution in [2.24, 2.45) is 0 Å². The molecule has 1 N–H and O–H groups in total. The highest BCUT2D eigenvalue weighted by Crippen LogP contribution is 2.32. The minimum absolute atomic E-state index is 0.0898. The first-order valence-corrected chi connectivity index (χ1v) is 12.6. The second-order valence-electron chi connectivity index (χ2n) is 7.94. The lowest BCUT2D eigenvalue weighted by Crippen LogP contribution is -2.25. The van der Waals surface area contributed by atoms with E-state index < -0.39 is 15.9 Å². The van der Waals surface area contributed by atoms with E-state index in [1.54, 1.807) is 48.5 Å². The van der Waals surface area contributed by atoms with Crippen LogP contribution in [0.5, 0.6) is 0 Å². The van der Waals surface area contributed by atoms with E-state index in [-0.39, 0.29) is 16.6 Å². The SMILES string of the molecule is O=C(Nc1cc(N2CCCS2(=O)=O)ccc1Cl)c1cc(-c2ccc(F)cc2)nc2ccccc12. The third kappa shape index (κ3) is 4.22. The van der Waals surface area contributed by atoms with Gasteiger partial charge in [0.05, 0.1) is 38.9 Å². The maximum absolute atomic E-state index is 13.4. The number of hydrogen-bond donors (Lipinski definition) is 1. The Labute approximate surface area is 201 Å². The number of nitrogens with zero attached hydrogens (tertiary/aromatic N) is 2. The first-order chi connectivity index (χ1) is 16.3. The zero-order valence-corrected chi connectivity index (χ0v) is 19.4. The summed E-state index contributed by atoms with van der Waals surface area (Å²) in [5.74, 6) is -0.700. The van der Waals surface area contributed by atoms with Crippen LogP contribution in [0.3, 0.4) is 0 Å². The molecule has 172 valence electrons. The average Bonchev–Trinajstić information content (AvgIpc) is 3.19. The summed E-state index contributed by atoms with van der Waals surface area (Å²) >= 11 is 6.34. The van der Waals surface area contributed by atoms with E-state index in [9.17, 15) is 17.6 Å². The van der Waals surface area contributed by atoms with E-state index >= 15 is 0 Å². The van der Waals surface area contributed by atoms with Gasteiger partial charge in [0.15, 0.2) is 0 Å². The van der Waals surface area contributed by atoms with Crippen molar-refractivity contribution in [1.82, 2.24) is 4.98 Å². The molecule has 3 aromatic carbocycles. The summed E-state index contributed by atoms with van der Waals surface area (Å²) in [5, 5.41) is 3.74. The van der Waals surface area contributed by atoms with Gasteiger partial charge in [-0.3, -0.25) is 9.10 Å². The van der Waals surface area contributed by atoms with E-state index in [2.05, 4.69) is 10.3 Å². The normalized spacial score (nSPS) is 14.9. The topological polar surface area (TPSA) is 79.4 Å². The summed E-state index contributed by atoms with van der Waals surface area (Å²) in [4.78, 5) is 18.0. The van der Waals surface area contributed by atoms with Gasteiger partial charge >= 0.3 is 0 Å². The van der Waals surface area contributed by atoms with Gasteiger partial charge in [-0.2, -0.15) is 0 Å². The number of anilines is 2. The Hall–Kier alpha value is -3.49. The minimum atomic E-state index is -3.38. The maximum Gasteiger partial charge on any atom is 0.256 e. The van der Waals surface area contributed by atoms with Crippen LogP contribution >= 0.6 is 11.6 Å². The fraction of sp³-hybridized carbons (Fsp3) is 0.120. The van der Waals surface area contributed by atoms with Gasteiger partial charge in [0.25, 0.3) is 5.91 Å². The van der Waals surface area contributed by atoms with Crippen molar-refractivity contribution in [3.8, 4) is 11.3 Å². The molecule has 0 spiro atoms. The monoisotopic (exact) mass is 495 g/mol. The molecule has 1 fully saturated rings. The number of benzene rings is 3. The number of carbonyl (C=O) groups excluding carboxylic acids is 1. The quantitative estimate of drug-likeness (QED) is 0.406. The van der Waals surface area contributed by atoms with Crippen molar-refractivity contribution in [2.75, 3.05) is 21.9 Å². The Balaban J connectivity index is 1.54. The smallest absolute Gasteiger partial charge is 0.256 e. The number of para-hydroxylation sites is 1. The third-order valence-corrected chi connectivity index (χ3v) is 7.89. The van der Waals surface area contributed by atoms with Crippen molar-refractivity contribution < 1.29 is 17.6 Å². The summed E-state index contributed by atoms with van der Waals surface area (Å²) < 4.78 is 39.4. The summed E-state index contributed by atoms with van der Waals surface area (Å²) in [6, 6.07) is 19.5.